The monoisotopic (exact) mass is 235 g/mol. The van der Waals surface area contributed by atoms with Crippen LogP contribution < -0.4 is 5.32 Å². The van der Waals surface area contributed by atoms with Gasteiger partial charge >= 0.3 is 0 Å². The number of aryl methyl sites for hydroxylation is 1. The van der Waals surface area contributed by atoms with Crippen molar-refractivity contribution in [1.82, 2.24) is 9.97 Å². The molecule has 0 atom stereocenters. The van der Waals surface area contributed by atoms with Gasteiger partial charge in [-0.25, -0.2) is 9.97 Å². The minimum Gasteiger partial charge on any atom is -0.325 e. The van der Waals surface area contributed by atoms with E-state index in [1.165, 1.54) is 0 Å². The zero-order chi connectivity index (χ0) is 12.4. The van der Waals surface area contributed by atoms with Gasteiger partial charge in [-0.2, -0.15) is 0 Å². The molecule has 0 aliphatic heterocycles. The second kappa shape index (κ2) is 4.45. The van der Waals surface area contributed by atoms with E-state index < -0.39 is 0 Å². The number of hydrogen-bond donors (Lipinski definition) is 1. The molecule has 0 spiro atoms. The fourth-order valence-corrected chi connectivity index (χ4v) is 1.88. The van der Waals surface area contributed by atoms with Crippen molar-refractivity contribution in [3.63, 3.8) is 0 Å². The number of rotatable bonds is 2. The summed E-state index contributed by atoms with van der Waals surface area (Å²) in [6, 6.07) is 18.0. The van der Waals surface area contributed by atoms with E-state index in [-0.39, 0.29) is 0 Å². The third kappa shape index (κ3) is 2.15. The minimum absolute atomic E-state index is 0.812. The molecule has 3 nitrogen and oxygen atoms in total. The summed E-state index contributed by atoms with van der Waals surface area (Å²) in [5, 5.41) is 4.35. The maximum Gasteiger partial charge on any atom is 0.132 e. The molecule has 3 aromatic rings. The van der Waals surface area contributed by atoms with Gasteiger partial charge in [-0.05, 0) is 37.3 Å². The molecule has 0 saturated carbocycles. The molecule has 1 aromatic carbocycles. The molecular weight excluding hydrogens is 222 g/mol. The highest BCUT2D eigenvalue weighted by Crippen LogP contribution is 2.17. The maximum absolute atomic E-state index is 4.55. The number of nitrogens with one attached hydrogen (secondary N) is 1. The molecule has 2 heterocycles. The summed E-state index contributed by atoms with van der Waals surface area (Å²) in [4.78, 5) is 8.95. The number of pyridine rings is 2. The van der Waals surface area contributed by atoms with Crippen LogP contribution in [0.5, 0.6) is 0 Å². The average Bonchev–Trinajstić information content (AvgIpc) is 2.39. The first-order valence-electron chi connectivity index (χ1n) is 5.88. The summed E-state index contributed by atoms with van der Waals surface area (Å²) < 4.78 is 0. The molecule has 3 rings (SSSR count). The van der Waals surface area contributed by atoms with Gasteiger partial charge in [0.1, 0.15) is 11.6 Å². The predicted molar refractivity (Wildman–Crippen MR) is 74.0 cm³/mol. The Morgan fingerprint density at radius 3 is 2.50 bits per heavy atom. The maximum atomic E-state index is 4.55. The van der Waals surface area contributed by atoms with Gasteiger partial charge < -0.3 is 5.32 Å². The highest BCUT2D eigenvalue weighted by atomic mass is 15.1. The number of aromatic nitrogens is 2. The summed E-state index contributed by atoms with van der Waals surface area (Å²) in [6.07, 6.45) is 0. The standard InChI is InChI=1S/C15H13N3/c1-11-5-4-8-14(16-11)18-15-10-9-12-6-2-3-7-13(12)17-15/h2-10H,1H3,(H,16,17,18). The quantitative estimate of drug-likeness (QED) is 0.736. The van der Waals surface area contributed by atoms with E-state index in [1.54, 1.807) is 0 Å². The van der Waals surface area contributed by atoms with E-state index in [1.807, 2.05) is 49.4 Å². The van der Waals surface area contributed by atoms with Crippen LogP contribution >= 0.6 is 0 Å². The molecule has 2 aromatic heterocycles. The molecule has 88 valence electrons. The summed E-state index contributed by atoms with van der Waals surface area (Å²) in [6.45, 7) is 1.97. The Hall–Kier alpha value is -2.42. The first kappa shape index (κ1) is 10.7. The molecule has 0 aliphatic carbocycles. The van der Waals surface area contributed by atoms with Crippen LogP contribution in [-0.2, 0) is 0 Å². The number of hydrogen-bond acceptors (Lipinski definition) is 3. The number of benzene rings is 1. The van der Waals surface area contributed by atoms with Crippen molar-refractivity contribution in [2.24, 2.45) is 0 Å². The van der Waals surface area contributed by atoms with E-state index in [0.717, 1.165) is 28.2 Å². The van der Waals surface area contributed by atoms with Crippen molar-refractivity contribution in [2.75, 3.05) is 5.32 Å². The molecule has 0 saturated heterocycles. The van der Waals surface area contributed by atoms with E-state index >= 15 is 0 Å². The second-order valence-electron chi connectivity index (χ2n) is 4.18. The molecule has 0 radical (unpaired) electrons. The van der Waals surface area contributed by atoms with Crippen LogP contribution in [0.2, 0.25) is 0 Å². The van der Waals surface area contributed by atoms with Crippen LogP contribution in [0.4, 0.5) is 11.6 Å². The number of fused-ring (bicyclic) bond motifs is 1. The van der Waals surface area contributed by atoms with Crippen molar-refractivity contribution >= 4 is 22.5 Å². The lowest BCUT2D eigenvalue weighted by molar-refractivity contribution is 1.19. The van der Waals surface area contributed by atoms with Crippen LogP contribution in [0.1, 0.15) is 5.69 Å². The first-order valence-corrected chi connectivity index (χ1v) is 5.88. The summed E-state index contributed by atoms with van der Waals surface area (Å²) >= 11 is 0. The Morgan fingerprint density at radius 1 is 0.778 bits per heavy atom. The van der Waals surface area contributed by atoms with Crippen molar-refractivity contribution in [3.8, 4) is 0 Å². The van der Waals surface area contributed by atoms with Gasteiger partial charge in [-0.15, -0.1) is 0 Å². The van der Waals surface area contributed by atoms with E-state index in [4.69, 9.17) is 0 Å². The van der Waals surface area contributed by atoms with Crippen LogP contribution in [0.3, 0.4) is 0 Å². The highest BCUT2D eigenvalue weighted by Gasteiger charge is 1.99. The van der Waals surface area contributed by atoms with Crippen LogP contribution in [0.15, 0.2) is 54.6 Å². The second-order valence-corrected chi connectivity index (χ2v) is 4.18. The zero-order valence-corrected chi connectivity index (χ0v) is 10.1. The van der Waals surface area contributed by atoms with Crippen molar-refractivity contribution in [3.05, 3.63) is 60.3 Å². The largest absolute Gasteiger partial charge is 0.325 e. The van der Waals surface area contributed by atoms with Gasteiger partial charge in [-0.3, -0.25) is 0 Å². The van der Waals surface area contributed by atoms with Gasteiger partial charge in [0.2, 0.25) is 0 Å². The summed E-state index contributed by atoms with van der Waals surface area (Å²) in [7, 11) is 0. The number of para-hydroxylation sites is 1. The molecule has 0 unspecified atom stereocenters. The summed E-state index contributed by atoms with van der Waals surface area (Å²) in [5.74, 6) is 1.63. The Morgan fingerprint density at radius 2 is 1.61 bits per heavy atom. The molecule has 0 aliphatic rings. The smallest absolute Gasteiger partial charge is 0.132 e. The fourth-order valence-electron chi connectivity index (χ4n) is 1.88. The van der Waals surface area contributed by atoms with Gasteiger partial charge in [-0.1, -0.05) is 24.3 Å². The van der Waals surface area contributed by atoms with Crippen LogP contribution in [0, 0.1) is 6.92 Å². The third-order valence-electron chi connectivity index (χ3n) is 2.74. The lowest BCUT2D eigenvalue weighted by atomic mass is 10.2. The SMILES string of the molecule is Cc1cccc(Nc2ccc3ccccc3n2)n1. The van der Waals surface area contributed by atoms with E-state index in [0.29, 0.717) is 0 Å². The molecule has 3 heteroatoms. The van der Waals surface area contributed by atoms with Crippen molar-refractivity contribution in [1.29, 1.82) is 0 Å². The Bertz CT molecular complexity index is 692. The zero-order valence-electron chi connectivity index (χ0n) is 10.1. The predicted octanol–water partition coefficient (Wildman–Crippen LogP) is 3.68. The van der Waals surface area contributed by atoms with Gasteiger partial charge in [0.25, 0.3) is 0 Å². The van der Waals surface area contributed by atoms with Gasteiger partial charge in [0.05, 0.1) is 5.52 Å². The van der Waals surface area contributed by atoms with Crippen LogP contribution in [-0.4, -0.2) is 9.97 Å². The number of nitrogens with zero attached hydrogens (tertiary/aromatic N) is 2. The van der Waals surface area contributed by atoms with Crippen LogP contribution in [0.25, 0.3) is 10.9 Å². The van der Waals surface area contributed by atoms with Crippen molar-refractivity contribution in [2.45, 2.75) is 6.92 Å². The summed E-state index contributed by atoms with van der Waals surface area (Å²) in [5.41, 5.74) is 1.97. The Labute approximate surface area is 106 Å². The lowest BCUT2D eigenvalue weighted by Crippen LogP contribution is -1.96. The molecular formula is C15H13N3. The molecule has 0 bridgehead atoms. The third-order valence-corrected chi connectivity index (χ3v) is 2.74. The van der Waals surface area contributed by atoms with Crippen molar-refractivity contribution < 1.29 is 0 Å². The Kier molecular flexibility index (Phi) is 2.65. The van der Waals surface area contributed by atoms with Gasteiger partial charge in [0, 0.05) is 11.1 Å². The lowest BCUT2D eigenvalue weighted by Gasteiger charge is -2.06. The molecule has 18 heavy (non-hydrogen) atoms. The first-order chi connectivity index (χ1) is 8.81. The molecule has 0 fully saturated rings. The van der Waals surface area contributed by atoms with E-state index in [9.17, 15) is 0 Å². The normalized spacial score (nSPS) is 10.5. The van der Waals surface area contributed by atoms with Gasteiger partial charge in [0.15, 0.2) is 0 Å². The number of anilines is 2. The highest BCUT2D eigenvalue weighted by molar-refractivity contribution is 5.80. The molecule has 0 amide bonds. The minimum atomic E-state index is 0.812. The molecule has 1 N–H and O–H groups in total. The topological polar surface area (TPSA) is 37.8 Å². The average molecular weight is 235 g/mol. The van der Waals surface area contributed by atoms with E-state index in [2.05, 4.69) is 27.4 Å². The Balaban J connectivity index is 1.95. The fraction of sp³-hybridized carbons (Fsp3) is 0.0667.